The van der Waals surface area contributed by atoms with Crippen molar-refractivity contribution >= 4 is 21.5 Å². The van der Waals surface area contributed by atoms with Gasteiger partial charge in [-0.05, 0) is 70.5 Å². The lowest BCUT2D eigenvalue weighted by Crippen LogP contribution is -2.02. The lowest BCUT2D eigenvalue weighted by Gasteiger charge is -2.18. The third-order valence-electron chi connectivity index (χ3n) is 4.75. The minimum Gasteiger partial charge on any atom is -0.368 e. The van der Waals surface area contributed by atoms with E-state index in [1.54, 1.807) is 11.1 Å². The smallest absolute Gasteiger partial charge is 0.000496 e. The highest BCUT2D eigenvalue weighted by Gasteiger charge is 2.13. The standard InChI is InChI=1S/C18H16.C4H5N/c1-3-7-15-13(5-1)9-11-18-16-8-4-2-6-14(16)10-12-17(15)18;1-2-4-5-3-1/h1,3,5,7,9-12H,2,4,6,8H2;1-5H. The summed E-state index contributed by atoms with van der Waals surface area (Å²) < 4.78 is 0. The zero-order valence-electron chi connectivity index (χ0n) is 13.3. The first-order chi connectivity index (χ1) is 11.4. The van der Waals surface area contributed by atoms with Crippen LogP contribution in [0.5, 0.6) is 0 Å². The molecule has 1 heterocycles. The number of aromatic nitrogens is 1. The van der Waals surface area contributed by atoms with Crippen molar-refractivity contribution in [1.29, 1.82) is 0 Å². The van der Waals surface area contributed by atoms with Gasteiger partial charge in [-0.2, -0.15) is 0 Å². The monoisotopic (exact) mass is 299 g/mol. The Balaban J connectivity index is 0.000000233. The van der Waals surface area contributed by atoms with Crippen LogP contribution >= 0.6 is 0 Å². The molecule has 1 N–H and O–H groups in total. The predicted octanol–water partition coefficient (Wildman–Crippen LogP) is 5.89. The van der Waals surface area contributed by atoms with Crippen LogP contribution in [-0.2, 0) is 12.8 Å². The van der Waals surface area contributed by atoms with E-state index in [9.17, 15) is 0 Å². The largest absolute Gasteiger partial charge is 0.368 e. The normalized spacial score (nSPS) is 13.4. The third-order valence-corrected chi connectivity index (χ3v) is 4.75. The van der Waals surface area contributed by atoms with Gasteiger partial charge in [-0.25, -0.2) is 0 Å². The van der Waals surface area contributed by atoms with Gasteiger partial charge in [0.25, 0.3) is 0 Å². The van der Waals surface area contributed by atoms with E-state index in [0.717, 1.165) is 0 Å². The summed E-state index contributed by atoms with van der Waals surface area (Å²) in [6.45, 7) is 0. The molecule has 0 saturated heterocycles. The lowest BCUT2D eigenvalue weighted by molar-refractivity contribution is 0.690. The quantitative estimate of drug-likeness (QED) is 0.390. The highest BCUT2D eigenvalue weighted by atomic mass is 14.6. The fourth-order valence-electron chi connectivity index (χ4n) is 3.62. The van der Waals surface area contributed by atoms with Crippen molar-refractivity contribution < 1.29 is 0 Å². The Kier molecular flexibility index (Phi) is 3.85. The van der Waals surface area contributed by atoms with Crippen LogP contribution in [0.15, 0.2) is 73.1 Å². The highest BCUT2D eigenvalue weighted by Crippen LogP contribution is 2.33. The van der Waals surface area contributed by atoms with Crippen molar-refractivity contribution in [1.82, 2.24) is 4.98 Å². The van der Waals surface area contributed by atoms with Gasteiger partial charge in [0.1, 0.15) is 0 Å². The summed E-state index contributed by atoms with van der Waals surface area (Å²) in [7, 11) is 0. The Labute approximate surface area is 137 Å². The average Bonchev–Trinajstić information content (AvgIpc) is 3.21. The molecule has 0 amide bonds. The van der Waals surface area contributed by atoms with E-state index < -0.39 is 0 Å². The van der Waals surface area contributed by atoms with E-state index in [0.29, 0.717) is 0 Å². The number of rotatable bonds is 0. The number of fused-ring (bicyclic) bond motifs is 5. The molecule has 0 fully saturated rings. The Hall–Kier alpha value is -2.54. The molecule has 0 spiro atoms. The van der Waals surface area contributed by atoms with E-state index in [4.69, 9.17) is 0 Å². The SMILES string of the molecule is c1cc[nH]c1.c1ccc2c(c1)ccc1c3c(ccc12)CCCC3. The van der Waals surface area contributed by atoms with E-state index >= 15 is 0 Å². The van der Waals surface area contributed by atoms with Crippen LogP contribution in [-0.4, -0.2) is 4.98 Å². The molecule has 0 atom stereocenters. The fraction of sp³-hybridized carbons (Fsp3) is 0.182. The number of hydrogen-bond acceptors (Lipinski definition) is 0. The molecule has 1 heteroatoms. The molecule has 0 radical (unpaired) electrons. The van der Waals surface area contributed by atoms with Crippen molar-refractivity contribution in [3.63, 3.8) is 0 Å². The van der Waals surface area contributed by atoms with Crippen LogP contribution < -0.4 is 0 Å². The van der Waals surface area contributed by atoms with E-state index in [1.807, 2.05) is 24.5 Å². The van der Waals surface area contributed by atoms with Crippen molar-refractivity contribution in [3.8, 4) is 0 Å². The molecule has 5 rings (SSSR count). The summed E-state index contributed by atoms with van der Waals surface area (Å²) in [6.07, 6.45) is 8.97. The molecule has 0 bridgehead atoms. The Morgan fingerprint density at radius 2 is 1.39 bits per heavy atom. The first-order valence-electron chi connectivity index (χ1n) is 8.43. The van der Waals surface area contributed by atoms with E-state index in [-0.39, 0.29) is 0 Å². The minimum absolute atomic E-state index is 1.25. The first-order valence-corrected chi connectivity index (χ1v) is 8.43. The van der Waals surface area contributed by atoms with Gasteiger partial charge in [0, 0.05) is 12.4 Å². The Bertz CT molecular complexity index is 902. The summed E-state index contributed by atoms with van der Waals surface area (Å²) >= 11 is 0. The molecule has 1 aromatic heterocycles. The van der Waals surface area contributed by atoms with Crippen molar-refractivity contribution in [3.05, 3.63) is 84.2 Å². The van der Waals surface area contributed by atoms with Gasteiger partial charge >= 0.3 is 0 Å². The van der Waals surface area contributed by atoms with Gasteiger partial charge in [0.05, 0.1) is 0 Å². The molecular formula is C22H21N. The molecule has 1 aliphatic carbocycles. The van der Waals surface area contributed by atoms with Crippen LogP contribution in [0, 0.1) is 0 Å². The maximum atomic E-state index is 2.86. The minimum atomic E-state index is 1.25. The maximum absolute atomic E-state index is 2.86. The summed E-state index contributed by atoms with van der Waals surface area (Å²) in [5.41, 5.74) is 3.17. The number of nitrogens with one attached hydrogen (secondary N) is 1. The molecular weight excluding hydrogens is 278 g/mol. The second kappa shape index (κ2) is 6.29. The lowest BCUT2D eigenvalue weighted by atomic mass is 9.86. The van der Waals surface area contributed by atoms with Crippen LogP contribution in [0.1, 0.15) is 24.0 Å². The molecule has 0 unspecified atom stereocenters. The average molecular weight is 299 g/mol. The number of benzene rings is 3. The van der Waals surface area contributed by atoms with Crippen LogP contribution in [0.3, 0.4) is 0 Å². The number of hydrogen-bond donors (Lipinski definition) is 1. The molecule has 0 saturated carbocycles. The van der Waals surface area contributed by atoms with E-state index in [1.165, 1.54) is 47.2 Å². The summed E-state index contributed by atoms with van der Waals surface area (Å²) in [5, 5.41) is 5.64. The number of H-pyrrole nitrogens is 1. The predicted molar refractivity (Wildman–Crippen MR) is 98.9 cm³/mol. The van der Waals surface area contributed by atoms with Crippen molar-refractivity contribution in [2.45, 2.75) is 25.7 Å². The van der Waals surface area contributed by atoms with Crippen molar-refractivity contribution in [2.75, 3.05) is 0 Å². The van der Waals surface area contributed by atoms with Crippen LogP contribution in [0.2, 0.25) is 0 Å². The zero-order chi connectivity index (χ0) is 15.5. The number of aryl methyl sites for hydroxylation is 2. The van der Waals surface area contributed by atoms with Gasteiger partial charge in [-0.15, -0.1) is 0 Å². The fourth-order valence-corrected chi connectivity index (χ4v) is 3.62. The Morgan fingerprint density at radius 3 is 2.22 bits per heavy atom. The summed E-state index contributed by atoms with van der Waals surface area (Å²) in [4.78, 5) is 2.86. The molecule has 3 aromatic carbocycles. The van der Waals surface area contributed by atoms with Gasteiger partial charge in [-0.3, -0.25) is 0 Å². The van der Waals surface area contributed by atoms with Gasteiger partial charge in [-0.1, -0.05) is 48.5 Å². The van der Waals surface area contributed by atoms with Gasteiger partial charge in [0.2, 0.25) is 0 Å². The van der Waals surface area contributed by atoms with Crippen molar-refractivity contribution in [2.24, 2.45) is 0 Å². The second-order valence-corrected chi connectivity index (χ2v) is 6.18. The maximum Gasteiger partial charge on any atom is 0.000496 e. The second-order valence-electron chi connectivity index (χ2n) is 6.18. The molecule has 0 aliphatic heterocycles. The molecule has 23 heavy (non-hydrogen) atoms. The highest BCUT2D eigenvalue weighted by molar-refractivity contribution is 6.08. The third kappa shape index (κ3) is 2.75. The summed E-state index contributed by atoms with van der Waals surface area (Å²) in [6, 6.07) is 21.9. The topological polar surface area (TPSA) is 15.8 Å². The zero-order valence-corrected chi connectivity index (χ0v) is 13.3. The van der Waals surface area contributed by atoms with Crippen LogP contribution in [0.25, 0.3) is 21.5 Å². The van der Waals surface area contributed by atoms with Gasteiger partial charge < -0.3 is 4.98 Å². The first kappa shape index (κ1) is 14.1. The summed E-state index contributed by atoms with van der Waals surface area (Å²) in [5.74, 6) is 0. The molecule has 1 nitrogen and oxygen atoms in total. The Morgan fingerprint density at radius 1 is 0.609 bits per heavy atom. The molecule has 114 valence electrons. The molecule has 4 aromatic rings. The number of aromatic amines is 1. The van der Waals surface area contributed by atoms with Crippen LogP contribution in [0.4, 0.5) is 0 Å². The van der Waals surface area contributed by atoms with Gasteiger partial charge in [0.15, 0.2) is 0 Å². The van der Waals surface area contributed by atoms with E-state index in [2.05, 4.69) is 53.5 Å². The molecule has 1 aliphatic rings.